The summed E-state index contributed by atoms with van der Waals surface area (Å²) in [4.78, 5) is 26.9. The van der Waals surface area contributed by atoms with E-state index >= 15 is 0 Å². The molecule has 4 heterocycles. The van der Waals surface area contributed by atoms with E-state index in [-0.39, 0.29) is 11.9 Å². The van der Waals surface area contributed by atoms with Crippen molar-refractivity contribution in [1.82, 2.24) is 25.1 Å². The molecule has 6 bridgehead atoms. The van der Waals surface area contributed by atoms with Crippen LogP contribution >= 0.6 is 0 Å². The zero-order chi connectivity index (χ0) is 23.3. The van der Waals surface area contributed by atoms with Gasteiger partial charge in [0.25, 0.3) is 0 Å². The number of nitrogens with zero attached hydrogens (tertiary/aromatic N) is 4. The quantitative estimate of drug-likeness (QED) is 0.561. The van der Waals surface area contributed by atoms with Crippen LogP contribution in [0, 0.1) is 0 Å². The summed E-state index contributed by atoms with van der Waals surface area (Å²) in [5.41, 5.74) is 5.76. The highest BCUT2D eigenvalue weighted by Gasteiger charge is 2.30. The minimum atomic E-state index is -0.0335. The summed E-state index contributed by atoms with van der Waals surface area (Å²) in [5, 5.41) is 3.19. The summed E-state index contributed by atoms with van der Waals surface area (Å²) < 4.78 is 0. The molecule has 1 N–H and O–H groups in total. The van der Waals surface area contributed by atoms with Crippen LogP contribution in [0.15, 0.2) is 60.8 Å². The molecule has 1 fully saturated rings. The number of aromatic nitrogens is 2. The lowest BCUT2D eigenvalue weighted by atomic mass is 10.1. The van der Waals surface area contributed by atoms with Gasteiger partial charge in [0.2, 0.25) is 5.91 Å². The van der Waals surface area contributed by atoms with Gasteiger partial charge in [-0.05, 0) is 62.2 Å². The van der Waals surface area contributed by atoms with Gasteiger partial charge in [-0.1, -0.05) is 48.5 Å². The van der Waals surface area contributed by atoms with Crippen molar-refractivity contribution >= 4 is 5.91 Å². The highest BCUT2D eigenvalue weighted by atomic mass is 16.2. The Morgan fingerprint density at radius 2 is 1.79 bits per heavy atom. The maximum atomic E-state index is 12.9. The van der Waals surface area contributed by atoms with Gasteiger partial charge in [-0.3, -0.25) is 9.69 Å². The molecule has 3 aliphatic heterocycles. The van der Waals surface area contributed by atoms with Gasteiger partial charge in [-0.25, -0.2) is 9.97 Å². The van der Waals surface area contributed by atoms with E-state index in [2.05, 4.69) is 75.7 Å². The Kier molecular flexibility index (Phi) is 6.97. The normalized spacial score (nSPS) is 20.4. The molecule has 1 amide bonds. The number of carbonyl (C=O) groups excluding carboxylic acids is 1. The molecule has 1 atom stereocenters. The van der Waals surface area contributed by atoms with Crippen LogP contribution in [-0.4, -0.2) is 58.4 Å². The van der Waals surface area contributed by atoms with Crippen LogP contribution in [0.1, 0.15) is 41.8 Å². The van der Waals surface area contributed by atoms with E-state index in [1.54, 1.807) is 0 Å². The Morgan fingerprint density at radius 3 is 2.68 bits per heavy atom. The average Bonchev–Trinajstić information content (AvgIpc) is 3.30. The Balaban J connectivity index is 1.42. The Labute approximate surface area is 202 Å². The first kappa shape index (κ1) is 22.7. The van der Waals surface area contributed by atoms with E-state index in [4.69, 9.17) is 4.98 Å². The molecule has 2 aromatic carbocycles. The number of hydrogen-bond donors (Lipinski definition) is 1. The first-order valence-electron chi connectivity index (χ1n) is 12.3. The highest BCUT2D eigenvalue weighted by Crippen LogP contribution is 2.22. The monoisotopic (exact) mass is 455 g/mol. The molecule has 0 unspecified atom stereocenters. The third-order valence-corrected chi connectivity index (χ3v) is 6.83. The second-order valence-electron chi connectivity index (χ2n) is 9.56. The van der Waals surface area contributed by atoms with E-state index < -0.39 is 0 Å². The summed E-state index contributed by atoms with van der Waals surface area (Å²) in [7, 11) is 2.13. The zero-order valence-electron chi connectivity index (χ0n) is 19.9. The molecule has 0 saturated carbocycles. The van der Waals surface area contributed by atoms with Crippen molar-refractivity contribution in [1.29, 1.82) is 0 Å². The summed E-state index contributed by atoms with van der Waals surface area (Å²) in [5.74, 6) is 0.991. The van der Waals surface area contributed by atoms with Crippen LogP contribution in [0.2, 0.25) is 0 Å². The van der Waals surface area contributed by atoms with Crippen molar-refractivity contribution in [3.63, 3.8) is 0 Å². The molecule has 176 valence electrons. The van der Waals surface area contributed by atoms with Crippen molar-refractivity contribution in [2.24, 2.45) is 0 Å². The van der Waals surface area contributed by atoms with Crippen molar-refractivity contribution in [3.05, 3.63) is 83.3 Å². The fourth-order valence-electron chi connectivity index (χ4n) is 5.06. The number of nitrogens with one attached hydrogen (secondary N) is 1. The Hall–Kier alpha value is -3.09. The van der Waals surface area contributed by atoms with Crippen molar-refractivity contribution in [2.75, 3.05) is 26.7 Å². The van der Waals surface area contributed by atoms with Gasteiger partial charge in [-0.2, -0.15) is 0 Å². The lowest BCUT2D eigenvalue weighted by Crippen LogP contribution is -2.43. The van der Waals surface area contributed by atoms with Crippen LogP contribution in [0.5, 0.6) is 0 Å². The maximum Gasteiger partial charge on any atom is 0.237 e. The van der Waals surface area contributed by atoms with E-state index in [9.17, 15) is 4.79 Å². The third kappa shape index (κ3) is 5.51. The minimum absolute atomic E-state index is 0.0335. The largest absolute Gasteiger partial charge is 0.355 e. The number of rotatable bonds is 0. The number of fused-ring (bicyclic) bond motifs is 8. The molecule has 3 aliphatic rings. The van der Waals surface area contributed by atoms with Gasteiger partial charge in [0.1, 0.15) is 5.82 Å². The van der Waals surface area contributed by atoms with Crippen molar-refractivity contribution in [2.45, 2.75) is 44.8 Å². The second-order valence-corrected chi connectivity index (χ2v) is 9.56. The van der Waals surface area contributed by atoms with Crippen LogP contribution in [-0.2, 0) is 24.3 Å². The lowest BCUT2D eigenvalue weighted by Gasteiger charge is -2.24. The Morgan fingerprint density at radius 1 is 0.941 bits per heavy atom. The topological polar surface area (TPSA) is 61.4 Å². The van der Waals surface area contributed by atoms with E-state index in [0.29, 0.717) is 6.42 Å². The molecule has 0 radical (unpaired) electrons. The number of hydrogen-bond acceptors (Lipinski definition) is 5. The average molecular weight is 456 g/mol. The van der Waals surface area contributed by atoms with Crippen LogP contribution in [0.4, 0.5) is 0 Å². The summed E-state index contributed by atoms with van der Waals surface area (Å²) in [6.07, 6.45) is 5.49. The molecule has 6 rings (SSSR count). The molecule has 34 heavy (non-hydrogen) atoms. The number of carbonyl (C=O) groups is 1. The fraction of sp³-hybridized carbons (Fsp3) is 0.393. The van der Waals surface area contributed by atoms with E-state index in [1.165, 1.54) is 16.7 Å². The van der Waals surface area contributed by atoms with Gasteiger partial charge in [0, 0.05) is 37.8 Å². The first-order valence-corrected chi connectivity index (χ1v) is 12.3. The molecule has 3 aromatic rings. The van der Waals surface area contributed by atoms with Gasteiger partial charge in [0.05, 0.1) is 11.7 Å². The molecule has 0 spiro atoms. The molecule has 0 aliphatic carbocycles. The molecular weight excluding hydrogens is 422 g/mol. The molecule has 6 nitrogen and oxygen atoms in total. The van der Waals surface area contributed by atoms with Crippen LogP contribution in [0.25, 0.3) is 11.3 Å². The van der Waals surface area contributed by atoms with Gasteiger partial charge < -0.3 is 10.2 Å². The predicted molar refractivity (Wildman–Crippen MR) is 134 cm³/mol. The van der Waals surface area contributed by atoms with Gasteiger partial charge in [-0.15, -0.1) is 0 Å². The first-order chi connectivity index (χ1) is 16.6. The standard InChI is InChI=1S/C28H33N5O/c1-32-15-4-13-30-28(34)26-7-3-16-33(26)20-23-6-2-5-22(17-23)18-27-29-14-12-25(31-27)24-10-8-21(19-32)9-11-24/h2,5-6,8-12,14,17,26H,3-4,7,13,15-16,18-20H2,1H3,(H,30,34)/t26-/m1/s1. The predicted octanol–water partition coefficient (Wildman–Crippen LogP) is 3.65. The lowest BCUT2D eigenvalue weighted by molar-refractivity contribution is -0.125. The van der Waals surface area contributed by atoms with Gasteiger partial charge in [0.15, 0.2) is 0 Å². The summed E-state index contributed by atoms with van der Waals surface area (Å²) >= 11 is 0. The minimum Gasteiger partial charge on any atom is -0.355 e. The molecule has 1 aromatic heterocycles. The molecule has 1 saturated heterocycles. The van der Waals surface area contributed by atoms with Crippen molar-refractivity contribution < 1.29 is 4.79 Å². The van der Waals surface area contributed by atoms with Crippen LogP contribution < -0.4 is 5.32 Å². The Bertz CT molecular complexity index is 1130. The third-order valence-electron chi connectivity index (χ3n) is 6.83. The number of amides is 1. The van der Waals surface area contributed by atoms with Crippen LogP contribution in [0.3, 0.4) is 0 Å². The SMILES string of the molecule is CN1CCCNC(=O)[C@H]2CCCN2Cc2cccc(c2)Cc2nccc(n2)-c2ccc(cc2)C1. The maximum absolute atomic E-state index is 12.9. The van der Waals surface area contributed by atoms with E-state index in [1.807, 2.05) is 12.3 Å². The molecule has 6 heteroatoms. The number of benzene rings is 2. The van der Waals surface area contributed by atoms with Crippen molar-refractivity contribution in [3.8, 4) is 11.3 Å². The zero-order valence-corrected chi connectivity index (χ0v) is 19.9. The molecular formula is C28H33N5O. The summed E-state index contributed by atoms with van der Waals surface area (Å²) in [6, 6.07) is 19.2. The summed E-state index contributed by atoms with van der Waals surface area (Å²) in [6.45, 7) is 4.30. The van der Waals surface area contributed by atoms with E-state index in [0.717, 1.165) is 69.1 Å². The van der Waals surface area contributed by atoms with Gasteiger partial charge >= 0.3 is 0 Å². The second kappa shape index (κ2) is 10.5. The fourth-order valence-corrected chi connectivity index (χ4v) is 5.06. The smallest absolute Gasteiger partial charge is 0.237 e. The highest BCUT2D eigenvalue weighted by molar-refractivity contribution is 5.82.